The average Bonchev–Trinajstić information content (AvgIpc) is 3.18. The van der Waals surface area contributed by atoms with Gasteiger partial charge in [-0.25, -0.2) is 18.2 Å². The summed E-state index contributed by atoms with van der Waals surface area (Å²) in [5.41, 5.74) is 1.95. The predicted octanol–water partition coefficient (Wildman–Crippen LogP) is 2.10. The molecule has 1 unspecified atom stereocenters. The van der Waals surface area contributed by atoms with E-state index in [1.807, 2.05) is 6.92 Å². The zero-order valence-corrected chi connectivity index (χ0v) is 19.7. The Kier molecular flexibility index (Phi) is 6.52. The fourth-order valence-corrected chi connectivity index (χ4v) is 5.92. The Labute approximate surface area is 196 Å². The maximum absolute atomic E-state index is 13.1. The standard InChI is InChI=1S/C24H25N3O6S/c1-3-26-21-10-9-17(13-20(21)25-16(2)23(26)29)24(30)33-14-22(28)27(18-7-5-4-6-8-18)19-11-12-34(31,32)15-19/h4-10,13,19H,3,11-12,14-15H2,1-2H3. The van der Waals surface area contributed by atoms with Crippen molar-refractivity contribution in [1.82, 2.24) is 9.55 Å². The van der Waals surface area contributed by atoms with Crippen LogP contribution in [0.15, 0.2) is 53.3 Å². The number of benzene rings is 2. The van der Waals surface area contributed by atoms with Crippen LogP contribution in [0.1, 0.15) is 29.4 Å². The average molecular weight is 484 g/mol. The van der Waals surface area contributed by atoms with Gasteiger partial charge in [0.2, 0.25) is 0 Å². The number of sulfone groups is 1. The molecule has 4 rings (SSSR count). The van der Waals surface area contributed by atoms with Crippen LogP contribution < -0.4 is 10.5 Å². The lowest BCUT2D eigenvalue weighted by atomic mass is 10.1. The molecule has 9 nitrogen and oxygen atoms in total. The summed E-state index contributed by atoms with van der Waals surface area (Å²) in [6.07, 6.45) is 0.325. The van der Waals surface area contributed by atoms with Crippen LogP contribution in [0.3, 0.4) is 0 Å². The van der Waals surface area contributed by atoms with Gasteiger partial charge in [0, 0.05) is 12.2 Å². The summed E-state index contributed by atoms with van der Waals surface area (Å²) in [5, 5.41) is 0. The highest BCUT2D eigenvalue weighted by atomic mass is 32.2. The number of ether oxygens (including phenoxy) is 1. The molecule has 1 saturated heterocycles. The Morgan fingerprint density at radius 3 is 2.56 bits per heavy atom. The molecule has 1 aliphatic heterocycles. The molecule has 1 fully saturated rings. The fourth-order valence-electron chi connectivity index (χ4n) is 4.22. The lowest BCUT2D eigenvalue weighted by Crippen LogP contribution is -2.43. The highest BCUT2D eigenvalue weighted by Crippen LogP contribution is 2.25. The van der Waals surface area contributed by atoms with Gasteiger partial charge in [0.15, 0.2) is 16.4 Å². The molecule has 0 spiro atoms. The quantitative estimate of drug-likeness (QED) is 0.493. The van der Waals surface area contributed by atoms with Crippen LogP contribution in [-0.4, -0.2) is 54.0 Å². The number of aromatic nitrogens is 2. The fraction of sp³-hybridized carbons (Fsp3) is 0.333. The highest BCUT2D eigenvalue weighted by Gasteiger charge is 2.35. The Bertz CT molecular complexity index is 1420. The third kappa shape index (κ3) is 4.72. The number of anilines is 1. The number of carbonyl (C=O) groups excluding carboxylic acids is 2. The number of hydrogen-bond acceptors (Lipinski definition) is 7. The van der Waals surface area contributed by atoms with Crippen LogP contribution in [-0.2, 0) is 25.9 Å². The van der Waals surface area contributed by atoms with Crippen molar-refractivity contribution in [3.8, 4) is 0 Å². The van der Waals surface area contributed by atoms with Gasteiger partial charge in [0.1, 0.15) is 5.69 Å². The van der Waals surface area contributed by atoms with Crippen molar-refractivity contribution < 1.29 is 22.7 Å². The third-order valence-electron chi connectivity index (χ3n) is 5.86. The van der Waals surface area contributed by atoms with Gasteiger partial charge in [-0.1, -0.05) is 18.2 Å². The number of nitrogens with zero attached hydrogens (tertiary/aromatic N) is 3. The van der Waals surface area contributed by atoms with E-state index in [2.05, 4.69) is 4.98 Å². The van der Waals surface area contributed by atoms with E-state index in [-0.39, 0.29) is 22.6 Å². The molecule has 2 aromatic carbocycles. The largest absolute Gasteiger partial charge is 0.452 e. The minimum absolute atomic E-state index is 0.0143. The zero-order chi connectivity index (χ0) is 24.5. The van der Waals surface area contributed by atoms with E-state index < -0.39 is 34.4 Å². The zero-order valence-electron chi connectivity index (χ0n) is 18.9. The molecule has 0 saturated carbocycles. The van der Waals surface area contributed by atoms with E-state index >= 15 is 0 Å². The Morgan fingerprint density at radius 1 is 1.18 bits per heavy atom. The number of amides is 1. The van der Waals surface area contributed by atoms with Crippen molar-refractivity contribution in [3.05, 3.63) is 70.1 Å². The van der Waals surface area contributed by atoms with E-state index in [9.17, 15) is 22.8 Å². The van der Waals surface area contributed by atoms with Gasteiger partial charge in [-0.05, 0) is 50.6 Å². The Balaban J connectivity index is 1.54. The molecule has 2 heterocycles. The van der Waals surface area contributed by atoms with E-state index in [4.69, 9.17) is 4.74 Å². The van der Waals surface area contributed by atoms with Crippen molar-refractivity contribution in [2.45, 2.75) is 32.9 Å². The molecular formula is C24H25N3O6S. The van der Waals surface area contributed by atoms with Crippen LogP contribution in [0.5, 0.6) is 0 Å². The van der Waals surface area contributed by atoms with E-state index in [0.717, 1.165) is 0 Å². The first-order chi connectivity index (χ1) is 16.2. The topological polar surface area (TPSA) is 116 Å². The Morgan fingerprint density at radius 2 is 1.91 bits per heavy atom. The van der Waals surface area contributed by atoms with Gasteiger partial charge in [0.25, 0.3) is 11.5 Å². The van der Waals surface area contributed by atoms with E-state index in [1.165, 1.54) is 17.0 Å². The van der Waals surface area contributed by atoms with E-state index in [0.29, 0.717) is 35.4 Å². The lowest BCUT2D eigenvalue weighted by molar-refractivity contribution is -0.122. The van der Waals surface area contributed by atoms with Gasteiger partial charge in [-0.2, -0.15) is 0 Å². The van der Waals surface area contributed by atoms with Crippen molar-refractivity contribution in [2.75, 3.05) is 23.0 Å². The summed E-state index contributed by atoms with van der Waals surface area (Å²) >= 11 is 0. The van der Waals surface area contributed by atoms with Crippen LogP contribution in [0.25, 0.3) is 11.0 Å². The number of para-hydroxylation sites is 1. The van der Waals surface area contributed by atoms with Gasteiger partial charge in [-0.3, -0.25) is 9.59 Å². The van der Waals surface area contributed by atoms with Crippen LogP contribution in [0, 0.1) is 6.92 Å². The molecule has 1 atom stereocenters. The van der Waals surface area contributed by atoms with Crippen LogP contribution in [0.2, 0.25) is 0 Å². The van der Waals surface area contributed by atoms with Crippen LogP contribution >= 0.6 is 0 Å². The van der Waals surface area contributed by atoms with Gasteiger partial charge in [0.05, 0.1) is 34.1 Å². The maximum Gasteiger partial charge on any atom is 0.338 e. The first kappa shape index (κ1) is 23.6. The summed E-state index contributed by atoms with van der Waals surface area (Å²) in [4.78, 5) is 43.7. The summed E-state index contributed by atoms with van der Waals surface area (Å²) in [6, 6.07) is 12.9. The molecule has 10 heteroatoms. The molecule has 1 aliphatic rings. The second-order valence-corrected chi connectivity index (χ2v) is 10.4. The number of aryl methyl sites for hydroxylation is 2. The second kappa shape index (κ2) is 9.38. The van der Waals surface area contributed by atoms with Gasteiger partial charge in [-0.15, -0.1) is 0 Å². The minimum Gasteiger partial charge on any atom is -0.452 e. The number of fused-ring (bicyclic) bond motifs is 1. The maximum atomic E-state index is 13.1. The lowest BCUT2D eigenvalue weighted by Gasteiger charge is -2.28. The van der Waals surface area contributed by atoms with Crippen molar-refractivity contribution in [3.63, 3.8) is 0 Å². The SMILES string of the molecule is CCn1c(=O)c(C)nc2cc(C(=O)OCC(=O)N(c3ccccc3)C3CCS(=O)(=O)C3)ccc21. The number of carbonyl (C=O) groups is 2. The number of rotatable bonds is 6. The van der Waals surface area contributed by atoms with Crippen LogP contribution in [0.4, 0.5) is 5.69 Å². The van der Waals surface area contributed by atoms with Gasteiger partial charge < -0.3 is 14.2 Å². The molecule has 0 bridgehead atoms. The molecular weight excluding hydrogens is 458 g/mol. The number of esters is 1. The molecule has 178 valence electrons. The molecule has 1 amide bonds. The van der Waals surface area contributed by atoms with Crippen molar-refractivity contribution in [2.24, 2.45) is 0 Å². The predicted molar refractivity (Wildman–Crippen MR) is 128 cm³/mol. The Hall–Kier alpha value is -3.53. The van der Waals surface area contributed by atoms with Crippen molar-refractivity contribution in [1.29, 1.82) is 0 Å². The summed E-state index contributed by atoms with van der Waals surface area (Å²) < 4.78 is 30.9. The minimum atomic E-state index is -3.22. The van der Waals surface area contributed by atoms with Gasteiger partial charge >= 0.3 is 5.97 Å². The first-order valence-electron chi connectivity index (χ1n) is 11.0. The molecule has 0 aliphatic carbocycles. The normalized spacial score (nSPS) is 16.9. The number of hydrogen-bond donors (Lipinski definition) is 0. The first-order valence-corrected chi connectivity index (χ1v) is 12.8. The highest BCUT2D eigenvalue weighted by molar-refractivity contribution is 7.91. The molecule has 0 N–H and O–H groups in total. The smallest absolute Gasteiger partial charge is 0.338 e. The molecule has 1 aromatic heterocycles. The summed E-state index contributed by atoms with van der Waals surface area (Å²) in [5.74, 6) is -1.33. The van der Waals surface area contributed by atoms with E-state index in [1.54, 1.807) is 47.9 Å². The molecule has 0 radical (unpaired) electrons. The molecule has 34 heavy (non-hydrogen) atoms. The summed E-state index contributed by atoms with van der Waals surface area (Å²) in [6.45, 7) is 3.38. The van der Waals surface area contributed by atoms with Crippen molar-refractivity contribution >= 4 is 38.4 Å². The summed E-state index contributed by atoms with van der Waals surface area (Å²) in [7, 11) is -3.22. The third-order valence-corrected chi connectivity index (χ3v) is 7.61. The second-order valence-electron chi connectivity index (χ2n) is 8.18. The monoisotopic (exact) mass is 483 g/mol. The molecule has 3 aromatic rings.